The van der Waals surface area contributed by atoms with Gasteiger partial charge in [-0.15, -0.1) is 0 Å². The van der Waals surface area contributed by atoms with Crippen molar-refractivity contribution in [3.63, 3.8) is 0 Å². The smallest absolute Gasteiger partial charge is 0.408 e. The number of rotatable bonds is 6. The monoisotopic (exact) mass is 415 g/mol. The van der Waals surface area contributed by atoms with E-state index >= 15 is 0 Å². The van der Waals surface area contributed by atoms with Crippen LogP contribution in [-0.2, 0) is 17.9 Å². The number of para-hydroxylation sites is 2. The first kappa shape index (κ1) is 20.2. The maximum atomic E-state index is 12.4. The summed E-state index contributed by atoms with van der Waals surface area (Å²) < 4.78 is 6.44. The van der Waals surface area contributed by atoms with Gasteiger partial charge in [-0.1, -0.05) is 42.0 Å². The van der Waals surface area contributed by atoms with E-state index in [4.69, 9.17) is 4.42 Å². The molecule has 0 spiro atoms. The van der Waals surface area contributed by atoms with Crippen LogP contribution in [0.5, 0.6) is 0 Å². The molecular weight excluding hydrogens is 394 g/mol. The van der Waals surface area contributed by atoms with Gasteiger partial charge in [-0.25, -0.2) is 4.79 Å². The number of benzene rings is 3. The average Bonchev–Trinajstić information content (AvgIpc) is 3.08. The molecule has 2 amide bonds. The number of nitrogens with one attached hydrogen (secondary N) is 2. The van der Waals surface area contributed by atoms with Gasteiger partial charge in [-0.3, -0.25) is 14.2 Å². The Morgan fingerprint density at radius 1 is 0.968 bits per heavy atom. The number of carbonyl (C=O) groups excluding carboxylic acids is 2. The van der Waals surface area contributed by atoms with E-state index in [-0.39, 0.29) is 24.9 Å². The van der Waals surface area contributed by atoms with Crippen molar-refractivity contribution >= 4 is 28.6 Å². The topological polar surface area (TPSA) is 93.3 Å². The molecule has 0 unspecified atom stereocenters. The Balaban J connectivity index is 1.38. The summed E-state index contributed by atoms with van der Waals surface area (Å²) >= 11 is 0. The van der Waals surface area contributed by atoms with E-state index in [1.807, 2.05) is 25.1 Å². The quantitative estimate of drug-likeness (QED) is 0.504. The minimum atomic E-state index is -0.572. The molecule has 31 heavy (non-hydrogen) atoms. The Labute approximate surface area is 178 Å². The van der Waals surface area contributed by atoms with E-state index in [1.54, 1.807) is 54.6 Å². The largest absolute Gasteiger partial charge is 0.420 e. The number of aromatic nitrogens is 1. The lowest BCUT2D eigenvalue weighted by atomic mass is 10.1. The van der Waals surface area contributed by atoms with Crippen LogP contribution in [0.25, 0.3) is 11.1 Å². The van der Waals surface area contributed by atoms with Crippen LogP contribution in [-0.4, -0.2) is 16.4 Å². The van der Waals surface area contributed by atoms with Crippen molar-refractivity contribution in [3.05, 3.63) is 100 Å². The number of amides is 2. The molecule has 7 heteroatoms. The number of nitrogens with zero attached hydrogens (tertiary/aromatic N) is 1. The van der Waals surface area contributed by atoms with Crippen LogP contribution in [0.3, 0.4) is 0 Å². The summed E-state index contributed by atoms with van der Waals surface area (Å²) in [5, 5.41) is 5.65. The number of hydrogen-bond acceptors (Lipinski definition) is 4. The second kappa shape index (κ2) is 8.71. The highest BCUT2D eigenvalue weighted by atomic mass is 16.4. The molecule has 7 nitrogen and oxygen atoms in total. The summed E-state index contributed by atoms with van der Waals surface area (Å²) in [5.41, 5.74) is 4.12. The predicted octanol–water partition coefficient (Wildman–Crippen LogP) is 3.47. The van der Waals surface area contributed by atoms with Crippen LogP contribution in [0.2, 0.25) is 0 Å². The molecule has 1 aromatic heterocycles. The molecule has 0 aliphatic rings. The summed E-state index contributed by atoms with van der Waals surface area (Å²) in [6, 6.07) is 21.5. The lowest BCUT2D eigenvalue weighted by molar-refractivity contribution is -0.121. The van der Waals surface area contributed by atoms with Gasteiger partial charge in [0.2, 0.25) is 5.91 Å². The Hall–Kier alpha value is -4.13. The van der Waals surface area contributed by atoms with E-state index in [1.165, 1.54) is 4.57 Å². The molecule has 0 aliphatic heterocycles. The van der Waals surface area contributed by atoms with E-state index in [9.17, 15) is 14.4 Å². The molecule has 2 N–H and O–H groups in total. The highest BCUT2D eigenvalue weighted by molar-refractivity contribution is 6.04. The normalized spacial score (nSPS) is 10.7. The zero-order valence-electron chi connectivity index (χ0n) is 16.9. The third-order valence-electron chi connectivity index (χ3n) is 4.86. The number of hydrogen-bond donors (Lipinski definition) is 2. The summed E-state index contributed by atoms with van der Waals surface area (Å²) in [7, 11) is 0. The van der Waals surface area contributed by atoms with Gasteiger partial charge in [0.05, 0.1) is 5.52 Å². The summed E-state index contributed by atoms with van der Waals surface area (Å²) in [4.78, 5) is 36.8. The number of aryl methyl sites for hydroxylation is 1. The van der Waals surface area contributed by atoms with Crippen molar-refractivity contribution in [2.45, 2.75) is 20.0 Å². The van der Waals surface area contributed by atoms with Gasteiger partial charge < -0.3 is 15.1 Å². The zero-order chi connectivity index (χ0) is 21.8. The highest BCUT2D eigenvalue weighted by Gasteiger charge is 2.12. The fourth-order valence-corrected chi connectivity index (χ4v) is 3.23. The molecule has 3 aromatic carbocycles. The lowest BCUT2D eigenvalue weighted by Crippen LogP contribution is -2.30. The fourth-order valence-electron chi connectivity index (χ4n) is 3.23. The van der Waals surface area contributed by atoms with Crippen LogP contribution in [0, 0.1) is 6.92 Å². The third-order valence-corrected chi connectivity index (χ3v) is 4.86. The van der Waals surface area contributed by atoms with Gasteiger partial charge in [0.25, 0.3) is 5.91 Å². The van der Waals surface area contributed by atoms with Crippen LogP contribution in [0.15, 0.2) is 82.0 Å². The molecule has 0 aliphatic carbocycles. The van der Waals surface area contributed by atoms with E-state index in [0.717, 1.165) is 11.1 Å². The molecule has 0 saturated heterocycles. The van der Waals surface area contributed by atoms with Crippen molar-refractivity contribution in [3.8, 4) is 0 Å². The van der Waals surface area contributed by atoms with Crippen LogP contribution in [0.4, 0.5) is 5.69 Å². The molecule has 0 saturated carbocycles. The van der Waals surface area contributed by atoms with Crippen molar-refractivity contribution in [2.75, 3.05) is 5.32 Å². The Morgan fingerprint density at radius 3 is 2.55 bits per heavy atom. The first-order valence-corrected chi connectivity index (χ1v) is 9.81. The minimum absolute atomic E-state index is 0.139. The standard InChI is InChI=1S/C24H21N3O4/c1-16-9-11-18(12-10-16)23(29)26-19-6-4-5-17(13-19)14-25-22(28)15-27-20-7-2-3-8-21(20)31-24(27)30/h2-13H,14-15H2,1H3,(H,25,28)(H,26,29). The van der Waals surface area contributed by atoms with Crippen LogP contribution in [0.1, 0.15) is 21.5 Å². The van der Waals surface area contributed by atoms with Crippen LogP contribution >= 0.6 is 0 Å². The predicted molar refractivity (Wildman–Crippen MR) is 118 cm³/mol. The van der Waals surface area contributed by atoms with Gasteiger partial charge in [0.1, 0.15) is 6.54 Å². The van der Waals surface area contributed by atoms with Crippen molar-refractivity contribution in [1.82, 2.24) is 9.88 Å². The van der Waals surface area contributed by atoms with Crippen molar-refractivity contribution in [1.29, 1.82) is 0 Å². The molecule has 4 aromatic rings. The molecule has 0 radical (unpaired) electrons. The lowest BCUT2D eigenvalue weighted by Gasteiger charge is -2.09. The van der Waals surface area contributed by atoms with Gasteiger partial charge in [-0.05, 0) is 48.9 Å². The average molecular weight is 415 g/mol. The Morgan fingerprint density at radius 2 is 1.74 bits per heavy atom. The number of oxazole rings is 1. The third kappa shape index (κ3) is 4.72. The van der Waals surface area contributed by atoms with Gasteiger partial charge in [0.15, 0.2) is 5.58 Å². The summed E-state index contributed by atoms with van der Waals surface area (Å²) in [5.74, 6) is -1.09. The van der Waals surface area contributed by atoms with Crippen molar-refractivity contribution in [2.24, 2.45) is 0 Å². The number of carbonyl (C=O) groups is 2. The maximum absolute atomic E-state index is 12.4. The van der Waals surface area contributed by atoms with Crippen molar-refractivity contribution < 1.29 is 14.0 Å². The molecule has 156 valence electrons. The van der Waals surface area contributed by atoms with Gasteiger partial charge >= 0.3 is 5.76 Å². The number of anilines is 1. The molecule has 0 bridgehead atoms. The first-order valence-electron chi connectivity index (χ1n) is 9.81. The molecule has 1 heterocycles. The van der Waals surface area contributed by atoms with Gasteiger partial charge in [0, 0.05) is 17.8 Å². The summed E-state index contributed by atoms with van der Waals surface area (Å²) in [6.45, 7) is 2.09. The zero-order valence-corrected chi connectivity index (χ0v) is 16.9. The fraction of sp³-hybridized carbons (Fsp3) is 0.125. The van der Waals surface area contributed by atoms with E-state index < -0.39 is 5.76 Å². The molecule has 4 rings (SSSR count). The first-order chi connectivity index (χ1) is 15.0. The maximum Gasteiger partial charge on any atom is 0.420 e. The Bertz CT molecular complexity index is 1300. The second-order valence-corrected chi connectivity index (χ2v) is 7.22. The van der Waals surface area contributed by atoms with Gasteiger partial charge in [-0.2, -0.15) is 0 Å². The molecule has 0 atom stereocenters. The van der Waals surface area contributed by atoms with E-state index in [2.05, 4.69) is 10.6 Å². The SMILES string of the molecule is Cc1ccc(C(=O)Nc2cccc(CNC(=O)Cn3c(=O)oc4ccccc43)c2)cc1. The van der Waals surface area contributed by atoms with E-state index in [0.29, 0.717) is 22.4 Å². The minimum Gasteiger partial charge on any atom is -0.408 e. The molecular formula is C24H21N3O4. The highest BCUT2D eigenvalue weighted by Crippen LogP contribution is 2.14. The summed E-state index contributed by atoms with van der Waals surface area (Å²) in [6.07, 6.45) is 0. The molecule has 0 fully saturated rings. The van der Waals surface area contributed by atoms with Crippen LogP contribution < -0.4 is 16.4 Å². The number of fused-ring (bicyclic) bond motifs is 1. The second-order valence-electron chi connectivity index (χ2n) is 7.22. The Kier molecular flexibility index (Phi) is 5.66.